The second-order valence-corrected chi connectivity index (χ2v) is 3.41. The van der Waals surface area contributed by atoms with Gasteiger partial charge in [0.25, 0.3) is 0 Å². The predicted octanol–water partition coefficient (Wildman–Crippen LogP) is 2.83. The Hall–Kier alpha value is -1.02. The zero-order valence-corrected chi connectivity index (χ0v) is 7.68. The van der Waals surface area contributed by atoms with Gasteiger partial charge in [0.2, 0.25) is 0 Å². The number of aromatic nitrogens is 1. The molecule has 0 N–H and O–H groups in total. The molecule has 0 aliphatic rings. The summed E-state index contributed by atoms with van der Waals surface area (Å²) in [5, 5.41) is 1.16. The molecule has 0 unspecified atom stereocenters. The largest absolute Gasteiger partial charge is 0.256 e. The first-order valence-corrected chi connectivity index (χ1v) is 4.26. The monoisotopic (exact) mass is 175 g/mol. The van der Waals surface area contributed by atoms with Crippen molar-refractivity contribution in [2.75, 3.05) is 0 Å². The van der Waals surface area contributed by atoms with Gasteiger partial charge in [-0.15, -0.1) is 12.6 Å². The van der Waals surface area contributed by atoms with Gasteiger partial charge in [-0.3, -0.25) is 4.98 Å². The standard InChI is InChI=1S/C10H9NS/c1-7-4-8-5-9(12)2-3-10(8)11-6-7/h2-6,12H,1H3. The van der Waals surface area contributed by atoms with Gasteiger partial charge in [0.05, 0.1) is 5.52 Å². The molecule has 1 aromatic carbocycles. The molecule has 0 atom stereocenters. The highest BCUT2D eigenvalue weighted by atomic mass is 32.1. The van der Waals surface area contributed by atoms with Gasteiger partial charge < -0.3 is 0 Å². The van der Waals surface area contributed by atoms with Crippen molar-refractivity contribution in [3.63, 3.8) is 0 Å². The van der Waals surface area contributed by atoms with Gasteiger partial charge in [0, 0.05) is 16.5 Å². The van der Waals surface area contributed by atoms with E-state index in [1.54, 1.807) is 0 Å². The first-order valence-electron chi connectivity index (χ1n) is 3.81. The second-order valence-electron chi connectivity index (χ2n) is 2.89. The smallest absolute Gasteiger partial charge is 0.0702 e. The number of benzene rings is 1. The SMILES string of the molecule is Cc1cnc2ccc(S)cc2c1. The van der Waals surface area contributed by atoms with E-state index in [9.17, 15) is 0 Å². The van der Waals surface area contributed by atoms with Crippen molar-refractivity contribution in [2.45, 2.75) is 11.8 Å². The molecular formula is C10H9NS. The lowest BCUT2D eigenvalue weighted by molar-refractivity contribution is 1.32. The van der Waals surface area contributed by atoms with E-state index in [0.717, 1.165) is 15.8 Å². The highest BCUT2D eigenvalue weighted by Gasteiger charge is 1.94. The van der Waals surface area contributed by atoms with Crippen LogP contribution in [0, 0.1) is 6.92 Å². The van der Waals surface area contributed by atoms with Crippen LogP contribution < -0.4 is 0 Å². The van der Waals surface area contributed by atoms with Crippen LogP contribution in [0.2, 0.25) is 0 Å². The van der Waals surface area contributed by atoms with Gasteiger partial charge in [-0.05, 0) is 36.8 Å². The molecule has 60 valence electrons. The number of nitrogens with zero attached hydrogens (tertiary/aromatic N) is 1. The number of thiol groups is 1. The molecule has 2 aromatic rings. The highest BCUT2D eigenvalue weighted by Crippen LogP contribution is 2.16. The fourth-order valence-electron chi connectivity index (χ4n) is 1.23. The van der Waals surface area contributed by atoms with Crippen LogP contribution in [0.25, 0.3) is 10.9 Å². The Morgan fingerprint density at radius 3 is 2.92 bits per heavy atom. The van der Waals surface area contributed by atoms with Crippen LogP contribution in [0.15, 0.2) is 35.4 Å². The molecule has 0 amide bonds. The summed E-state index contributed by atoms with van der Waals surface area (Å²) in [6, 6.07) is 8.07. The van der Waals surface area contributed by atoms with Crippen LogP contribution in [0.1, 0.15) is 5.56 Å². The minimum atomic E-state index is 0.981. The average molecular weight is 175 g/mol. The predicted molar refractivity (Wildman–Crippen MR) is 53.7 cm³/mol. The number of rotatable bonds is 0. The first kappa shape index (κ1) is 7.62. The van der Waals surface area contributed by atoms with E-state index in [2.05, 4.69) is 23.7 Å². The number of aryl methyl sites for hydroxylation is 1. The third-order valence-electron chi connectivity index (χ3n) is 1.80. The van der Waals surface area contributed by atoms with Crippen molar-refractivity contribution >= 4 is 23.5 Å². The summed E-state index contributed by atoms with van der Waals surface area (Å²) in [5.74, 6) is 0. The lowest BCUT2D eigenvalue weighted by Crippen LogP contribution is -1.80. The van der Waals surface area contributed by atoms with Crippen molar-refractivity contribution in [2.24, 2.45) is 0 Å². The number of fused-ring (bicyclic) bond motifs is 1. The van der Waals surface area contributed by atoms with E-state index in [-0.39, 0.29) is 0 Å². The molecule has 0 bridgehead atoms. The summed E-state index contributed by atoms with van der Waals surface area (Å²) in [6.07, 6.45) is 1.88. The molecule has 0 fully saturated rings. The van der Waals surface area contributed by atoms with E-state index < -0.39 is 0 Å². The zero-order valence-electron chi connectivity index (χ0n) is 6.78. The van der Waals surface area contributed by atoms with E-state index in [0.29, 0.717) is 0 Å². The van der Waals surface area contributed by atoms with E-state index in [4.69, 9.17) is 0 Å². The second kappa shape index (κ2) is 2.79. The Bertz CT molecular complexity index is 386. The maximum atomic E-state index is 4.29. The maximum Gasteiger partial charge on any atom is 0.0702 e. The van der Waals surface area contributed by atoms with Gasteiger partial charge in [-0.2, -0.15) is 0 Å². The molecule has 0 aliphatic carbocycles. The van der Waals surface area contributed by atoms with E-state index in [1.807, 2.05) is 31.3 Å². The summed E-state index contributed by atoms with van der Waals surface area (Å²) in [5.41, 5.74) is 2.21. The molecule has 1 aromatic heterocycles. The zero-order chi connectivity index (χ0) is 8.55. The Kier molecular flexibility index (Phi) is 1.77. The molecule has 0 radical (unpaired) electrons. The van der Waals surface area contributed by atoms with Crippen LogP contribution in [0.4, 0.5) is 0 Å². The molecule has 0 aliphatic heterocycles. The van der Waals surface area contributed by atoms with Crippen molar-refractivity contribution in [1.82, 2.24) is 4.98 Å². The summed E-state index contributed by atoms with van der Waals surface area (Å²) in [7, 11) is 0. The Balaban J connectivity index is 2.80. The maximum absolute atomic E-state index is 4.29. The topological polar surface area (TPSA) is 12.9 Å². The first-order chi connectivity index (χ1) is 5.75. The summed E-state index contributed by atoms with van der Waals surface area (Å²) >= 11 is 4.27. The Morgan fingerprint density at radius 2 is 2.08 bits per heavy atom. The van der Waals surface area contributed by atoms with E-state index in [1.165, 1.54) is 5.56 Å². The number of pyridine rings is 1. The molecular weight excluding hydrogens is 166 g/mol. The molecule has 0 saturated carbocycles. The summed E-state index contributed by atoms with van der Waals surface area (Å²) in [6.45, 7) is 2.04. The molecule has 1 nitrogen and oxygen atoms in total. The minimum absolute atomic E-state index is 0.981. The fourth-order valence-corrected chi connectivity index (χ4v) is 1.44. The van der Waals surface area contributed by atoms with Gasteiger partial charge in [-0.25, -0.2) is 0 Å². The Morgan fingerprint density at radius 1 is 1.25 bits per heavy atom. The molecule has 2 rings (SSSR count). The minimum Gasteiger partial charge on any atom is -0.256 e. The van der Waals surface area contributed by atoms with Crippen molar-refractivity contribution in [1.29, 1.82) is 0 Å². The van der Waals surface area contributed by atoms with Crippen LogP contribution in [0.5, 0.6) is 0 Å². The quantitative estimate of drug-likeness (QED) is 0.607. The van der Waals surface area contributed by atoms with Gasteiger partial charge in [0.1, 0.15) is 0 Å². The van der Waals surface area contributed by atoms with Gasteiger partial charge in [-0.1, -0.05) is 0 Å². The Labute approximate surface area is 76.9 Å². The molecule has 0 spiro atoms. The van der Waals surface area contributed by atoms with Crippen LogP contribution >= 0.6 is 12.6 Å². The van der Waals surface area contributed by atoms with Crippen molar-refractivity contribution in [3.05, 3.63) is 36.0 Å². The van der Waals surface area contributed by atoms with E-state index >= 15 is 0 Å². The van der Waals surface area contributed by atoms with Crippen LogP contribution in [0.3, 0.4) is 0 Å². The number of hydrogen-bond donors (Lipinski definition) is 1. The molecule has 1 heterocycles. The lowest BCUT2D eigenvalue weighted by Gasteiger charge is -1.98. The van der Waals surface area contributed by atoms with Crippen molar-refractivity contribution < 1.29 is 0 Å². The number of hydrogen-bond acceptors (Lipinski definition) is 2. The van der Waals surface area contributed by atoms with Crippen molar-refractivity contribution in [3.8, 4) is 0 Å². The van der Waals surface area contributed by atoms with Gasteiger partial charge >= 0.3 is 0 Å². The molecule has 0 saturated heterocycles. The van der Waals surface area contributed by atoms with Gasteiger partial charge in [0.15, 0.2) is 0 Å². The highest BCUT2D eigenvalue weighted by molar-refractivity contribution is 7.80. The van der Waals surface area contributed by atoms with Crippen LogP contribution in [-0.2, 0) is 0 Å². The third-order valence-corrected chi connectivity index (χ3v) is 2.08. The normalized spacial score (nSPS) is 10.5. The lowest BCUT2D eigenvalue weighted by atomic mass is 10.2. The molecule has 2 heteroatoms. The summed E-state index contributed by atoms with van der Waals surface area (Å²) in [4.78, 5) is 5.27. The van der Waals surface area contributed by atoms with Crippen LogP contribution in [-0.4, -0.2) is 4.98 Å². The molecule has 12 heavy (non-hydrogen) atoms. The third kappa shape index (κ3) is 1.30. The fraction of sp³-hybridized carbons (Fsp3) is 0.100. The summed E-state index contributed by atoms with van der Waals surface area (Å²) < 4.78 is 0. The average Bonchev–Trinajstić information content (AvgIpc) is 2.03.